The summed E-state index contributed by atoms with van der Waals surface area (Å²) in [5.74, 6) is 0. The number of fused-ring (bicyclic) bond motifs is 22. The molecule has 0 saturated heterocycles. The Labute approximate surface area is 444 Å². The molecule has 0 spiro atoms. The minimum atomic E-state index is 0.978. The molecule has 5 heteroatoms. The summed E-state index contributed by atoms with van der Waals surface area (Å²) in [5, 5.41) is 18.4. The topological polar surface area (TPSA) is 31.6 Å². The van der Waals surface area contributed by atoms with Crippen molar-refractivity contribution in [3.8, 4) is 33.6 Å². The van der Waals surface area contributed by atoms with E-state index < -0.39 is 0 Å². The Morgan fingerprint density at radius 3 is 1.32 bits per heavy atom. The predicted molar refractivity (Wildman–Crippen MR) is 328 cm³/mol. The lowest BCUT2D eigenvalue weighted by atomic mass is 9.97. The summed E-state index contributed by atoms with van der Waals surface area (Å²) in [7, 11) is 0. The highest BCUT2D eigenvalue weighted by atomic mass is 15.0. The fraction of sp³-hybridized carbons (Fsp3) is 0. The molecule has 5 nitrogen and oxygen atoms in total. The zero-order valence-electron chi connectivity index (χ0n) is 41.9. The first kappa shape index (κ1) is 40.8. The molecule has 0 saturated carbocycles. The van der Waals surface area contributed by atoms with Crippen molar-refractivity contribution >= 4 is 142 Å². The molecule has 0 aliphatic carbocycles. The number of rotatable bonds is 4. The van der Waals surface area contributed by atoms with Crippen molar-refractivity contribution in [1.29, 1.82) is 0 Å². The molecule has 19 rings (SSSR count). The van der Waals surface area contributed by atoms with Crippen LogP contribution in [0.15, 0.2) is 249 Å². The second-order valence-corrected chi connectivity index (χ2v) is 21.4. The van der Waals surface area contributed by atoms with Crippen molar-refractivity contribution in [1.82, 2.24) is 22.9 Å². The van der Waals surface area contributed by atoms with Gasteiger partial charge in [-0.3, -0.25) is 4.40 Å². The summed E-state index contributed by atoms with van der Waals surface area (Å²) in [6.45, 7) is 0. The van der Waals surface area contributed by atoms with Gasteiger partial charge in [0, 0.05) is 81.8 Å². The largest absolute Gasteiger partial charge is 0.309 e. The first-order valence-corrected chi connectivity index (χ1v) is 27.0. The quantitative estimate of drug-likeness (QED) is 0.173. The third kappa shape index (κ3) is 5.09. The van der Waals surface area contributed by atoms with Gasteiger partial charge in [0.15, 0.2) is 0 Å². The normalized spacial score (nSPS) is 12.6. The monoisotopic (exact) mass is 987 g/mol. The molecule has 0 aliphatic rings. The molecule has 358 valence electrons. The minimum Gasteiger partial charge on any atom is -0.309 e. The summed E-state index contributed by atoms with van der Waals surface area (Å²) in [5.41, 5.74) is 19.8. The van der Waals surface area contributed by atoms with Crippen LogP contribution in [0.4, 0.5) is 0 Å². The molecule has 0 N–H and O–H groups in total. The van der Waals surface area contributed by atoms with Gasteiger partial charge in [-0.1, -0.05) is 170 Å². The van der Waals surface area contributed by atoms with Crippen LogP contribution < -0.4 is 0 Å². The van der Waals surface area contributed by atoms with Gasteiger partial charge < -0.3 is 13.5 Å². The van der Waals surface area contributed by atoms with Crippen LogP contribution in [0.25, 0.3) is 175 Å². The molecular weight excluding hydrogens is 947 g/mol. The zero-order chi connectivity index (χ0) is 50.5. The summed E-state index contributed by atoms with van der Waals surface area (Å²) >= 11 is 0. The smallest absolute Gasteiger partial charge is 0.146 e. The van der Waals surface area contributed by atoms with Crippen molar-refractivity contribution in [3.05, 3.63) is 249 Å². The van der Waals surface area contributed by atoms with Crippen molar-refractivity contribution in [2.24, 2.45) is 0 Å². The number of benzene rings is 12. The number of nitrogens with zero attached hydrogens (tertiary/aromatic N) is 5. The van der Waals surface area contributed by atoms with Gasteiger partial charge in [-0.2, -0.15) is 0 Å². The lowest BCUT2D eigenvalue weighted by Gasteiger charge is -2.10. The number of hydrogen-bond acceptors (Lipinski definition) is 1. The van der Waals surface area contributed by atoms with Crippen molar-refractivity contribution in [3.63, 3.8) is 0 Å². The lowest BCUT2D eigenvalue weighted by molar-refractivity contribution is 1.18. The number of pyridine rings is 1. The van der Waals surface area contributed by atoms with Crippen LogP contribution in [0.3, 0.4) is 0 Å². The van der Waals surface area contributed by atoms with Crippen LogP contribution in [0.1, 0.15) is 0 Å². The van der Waals surface area contributed by atoms with Crippen LogP contribution >= 0.6 is 0 Å². The Balaban J connectivity index is 0.933. The Hall–Kier alpha value is -10.5. The van der Waals surface area contributed by atoms with Gasteiger partial charge in [-0.05, 0) is 112 Å². The first-order chi connectivity index (χ1) is 38.7. The highest BCUT2D eigenvalue weighted by Gasteiger charge is 2.28. The second kappa shape index (κ2) is 14.7. The van der Waals surface area contributed by atoms with Gasteiger partial charge >= 0.3 is 0 Å². The van der Waals surface area contributed by atoms with Crippen LogP contribution in [0.5, 0.6) is 0 Å². The zero-order valence-corrected chi connectivity index (χ0v) is 41.9. The van der Waals surface area contributed by atoms with Crippen molar-refractivity contribution in [2.75, 3.05) is 0 Å². The fourth-order valence-corrected chi connectivity index (χ4v) is 14.4. The summed E-state index contributed by atoms with van der Waals surface area (Å²) in [6, 6.07) is 92.2. The third-order valence-electron chi connectivity index (χ3n) is 17.5. The van der Waals surface area contributed by atoms with E-state index in [1.165, 1.54) is 142 Å². The van der Waals surface area contributed by atoms with E-state index in [1.807, 2.05) is 0 Å². The molecule has 0 atom stereocenters. The molecule has 0 fully saturated rings. The standard InChI is InChI=1S/C73H41N5/c1-3-19-46(20-4-1)75-61-31-13-11-25-52(61)56-37-44(33-35-63(56)75)50-27-15-29-54-58-39-42-17-7-10-24-49(42)67-59-41-65-68(74-73(59)78(69(50)54)71(58)67)60-40-43-18-8-9-23-48(43)66-55-30-16-28-51(70(55)77(65)72(60)66)45-34-36-64-57(38-45)53-26-12-14-32-62(53)76(64)47-21-5-2-6-22-47/h1-41H. The molecule has 0 unspecified atom stereocenters. The molecule has 0 aliphatic heterocycles. The highest BCUT2D eigenvalue weighted by Crippen LogP contribution is 2.50. The van der Waals surface area contributed by atoms with Crippen molar-refractivity contribution < 1.29 is 0 Å². The Kier molecular flexibility index (Phi) is 7.68. The Morgan fingerprint density at radius 2 is 0.718 bits per heavy atom. The van der Waals surface area contributed by atoms with Gasteiger partial charge in [0.25, 0.3) is 0 Å². The van der Waals surface area contributed by atoms with E-state index in [4.69, 9.17) is 4.98 Å². The maximum absolute atomic E-state index is 6.04. The molecule has 7 aromatic heterocycles. The van der Waals surface area contributed by atoms with Crippen LogP contribution in [0, 0.1) is 0 Å². The molecule has 0 radical (unpaired) electrons. The van der Waals surface area contributed by atoms with Crippen LogP contribution in [-0.4, -0.2) is 22.9 Å². The van der Waals surface area contributed by atoms with Gasteiger partial charge in [-0.25, -0.2) is 4.98 Å². The minimum absolute atomic E-state index is 0.978. The van der Waals surface area contributed by atoms with E-state index in [1.54, 1.807) is 0 Å². The fourth-order valence-electron chi connectivity index (χ4n) is 14.4. The van der Waals surface area contributed by atoms with Gasteiger partial charge in [-0.15, -0.1) is 0 Å². The Bertz CT molecular complexity index is 5790. The molecule has 78 heavy (non-hydrogen) atoms. The number of aromatic nitrogens is 5. The molecule has 0 amide bonds. The number of hydrogen-bond donors (Lipinski definition) is 0. The van der Waals surface area contributed by atoms with Crippen molar-refractivity contribution in [2.45, 2.75) is 0 Å². The van der Waals surface area contributed by atoms with E-state index in [2.05, 4.69) is 267 Å². The highest BCUT2D eigenvalue weighted by molar-refractivity contribution is 6.36. The first-order valence-electron chi connectivity index (χ1n) is 27.0. The predicted octanol–water partition coefficient (Wildman–Crippen LogP) is 19.2. The molecule has 19 aromatic rings. The van der Waals surface area contributed by atoms with E-state index in [-0.39, 0.29) is 0 Å². The SMILES string of the molecule is c1ccc(-n2c3ccccc3c3cc(-c4cccc5c6c7ccccc7cc7c8nc9c(cc8n(c45)c76)c4c5ccccc5cc5c6cccc(-c7ccc8c(c7)c7ccccc7n8-c7ccccc7)c6n9c54)ccc32)cc1. The lowest BCUT2D eigenvalue weighted by Crippen LogP contribution is -1.93. The van der Waals surface area contributed by atoms with Gasteiger partial charge in [0.2, 0.25) is 0 Å². The molecule has 12 aromatic carbocycles. The maximum Gasteiger partial charge on any atom is 0.146 e. The maximum atomic E-state index is 6.04. The summed E-state index contributed by atoms with van der Waals surface area (Å²) in [4.78, 5) is 6.04. The average Bonchev–Trinajstić information content (AvgIpc) is 4.51. The van der Waals surface area contributed by atoms with Gasteiger partial charge in [0.1, 0.15) is 5.65 Å². The third-order valence-corrected chi connectivity index (χ3v) is 17.5. The van der Waals surface area contributed by atoms with E-state index in [9.17, 15) is 0 Å². The molecular formula is C73H41N5. The van der Waals surface area contributed by atoms with Crippen LogP contribution in [-0.2, 0) is 0 Å². The molecule has 0 bridgehead atoms. The molecule has 7 heterocycles. The van der Waals surface area contributed by atoms with E-state index in [0.29, 0.717) is 0 Å². The number of para-hydroxylation sites is 6. The second-order valence-electron chi connectivity index (χ2n) is 21.4. The average molecular weight is 988 g/mol. The van der Waals surface area contributed by atoms with Gasteiger partial charge in [0.05, 0.1) is 55.2 Å². The summed E-state index contributed by atoms with van der Waals surface area (Å²) < 4.78 is 9.89. The van der Waals surface area contributed by atoms with E-state index in [0.717, 1.165) is 33.4 Å². The van der Waals surface area contributed by atoms with Crippen LogP contribution in [0.2, 0.25) is 0 Å². The summed E-state index contributed by atoms with van der Waals surface area (Å²) in [6.07, 6.45) is 0. The Morgan fingerprint density at radius 1 is 0.256 bits per heavy atom. The van der Waals surface area contributed by atoms with E-state index >= 15 is 0 Å².